The van der Waals surface area contributed by atoms with Crippen molar-refractivity contribution in [3.63, 3.8) is 0 Å². The maximum atomic E-state index is 13.2. The molecule has 0 aromatic heterocycles. The van der Waals surface area contributed by atoms with Crippen molar-refractivity contribution < 1.29 is 18.8 Å². The molecule has 2 heterocycles. The Kier molecular flexibility index (Phi) is 6.67. The molecule has 154 valence electrons. The van der Waals surface area contributed by atoms with Crippen LogP contribution in [-0.2, 0) is 15.1 Å². The van der Waals surface area contributed by atoms with Gasteiger partial charge in [0.2, 0.25) is 5.91 Å². The standard InChI is InChI=1S/C19H25FN4O3.ClH/c1-12(21)13-7-9-23(10-8-13)16(25)11-24-17(26)19(2,22-18(24)27)14-3-5-15(20)6-4-14;/h3-6,12-13H,7-11,21H2,1-2H3,(H,22,27);1H. The van der Waals surface area contributed by atoms with E-state index in [1.807, 2.05) is 6.92 Å². The van der Waals surface area contributed by atoms with E-state index in [2.05, 4.69) is 5.32 Å². The van der Waals surface area contributed by atoms with Crippen molar-refractivity contribution >= 4 is 30.3 Å². The first-order chi connectivity index (χ1) is 12.7. The van der Waals surface area contributed by atoms with E-state index in [1.54, 1.807) is 11.8 Å². The van der Waals surface area contributed by atoms with E-state index in [4.69, 9.17) is 5.73 Å². The van der Waals surface area contributed by atoms with Gasteiger partial charge in [-0.15, -0.1) is 12.4 Å². The lowest BCUT2D eigenvalue weighted by Crippen LogP contribution is -2.48. The third-order valence-electron chi connectivity index (χ3n) is 5.63. The SMILES string of the molecule is CC(N)C1CCN(C(=O)CN2C(=O)NC(C)(c3ccc(F)cc3)C2=O)CC1.Cl. The minimum atomic E-state index is -1.31. The third kappa shape index (κ3) is 4.12. The zero-order chi connectivity index (χ0) is 19.8. The van der Waals surface area contributed by atoms with Gasteiger partial charge in [-0.1, -0.05) is 12.1 Å². The molecule has 9 heteroatoms. The maximum Gasteiger partial charge on any atom is 0.325 e. The minimum Gasteiger partial charge on any atom is -0.341 e. The number of hydrogen-bond acceptors (Lipinski definition) is 4. The van der Waals surface area contributed by atoms with Crippen LogP contribution in [0.25, 0.3) is 0 Å². The van der Waals surface area contributed by atoms with Gasteiger partial charge in [-0.05, 0) is 50.3 Å². The molecule has 0 bridgehead atoms. The first kappa shape index (κ1) is 22.1. The van der Waals surface area contributed by atoms with Gasteiger partial charge >= 0.3 is 6.03 Å². The number of rotatable bonds is 4. The number of nitrogens with two attached hydrogens (primary N) is 1. The van der Waals surface area contributed by atoms with Crippen molar-refractivity contribution in [2.24, 2.45) is 11.7 Å². The van der Waals surface area contributed by atoms with Crippen LogP contribution in [0.4, 0.5) is 9.18 Å². The molecule has 0 aliphatic carbocycles. The number of nitrogens with zero attached hydrogens (tertiary/aromatic N) is 2. The Labute approximate surface area is 169 Å². The average Bonchev–Trinajstić information content (AvgIpc) is 2.86. The highest BCUT2D eigenvalue weighted by Gasteiger charge is 2.49. The molecule has 2 aliphatic heterocycles. The molecule has 28 heavy (non-hydrogen) atoms. The van der Waals surface area contributed by atoms with Gasteiger partial charge in [-0.3, -0.25) is 14.5 Å². The topological polar surface area (TPSA) is 95.7 Å². The number of urea groups is 1. The molecule has 0 radical (unpaired) electrons. The predicted molar refractivity (Wildman–Crippen MR) is 104 cm³/mol. The Bertz CT molecular complexity index is 750. The number of imide groups is 1. The van der Waals surface area contributed by atoms with E-state index in [9.17, 15) is 18.8 Å². The summed E-state index contributed by atoms with van der Waals surface area (Å²) in [6, 6.07) is 4.84. The van der Waals surface area contributed by atoms with Crippen LogP contribution in [0.1, 0.15) is 32.3 Å². The number of nitrogens with one attached hydrogen (secondary N) is 1. The first-order valence-corrected chi connectivity index (χ1v) is 9.16. The fraction of sp³-hybridized carbons (Fsp3) is 0.526. The second kappa shape index (κ2) is 8.45. The van der Waals surface area contributed by atoms with E-state index < -0.39 is 23.3 Å². The fourth-order valence-corrected chi connectivity index (χ4v) is 3.73. The van der Waals surface area contributed by atoms with E-state index >= 15 is 0 Å². The van der Waals surface area contributed by atoms with Gasteiger partial charge in [-0.25, -0.2) is 9.18 Å². The summed E-state index contributed by atoms with van der Waals surface area (Å²) in [5.41, 5.74) is 5.07. The molecule has 4 amide bonds. The van der Waals surface area contributed by atoms with Gasteiger partial charge in [0.25, 0.3) is 5.91 Å². The molecule has 0 spiro atoms. The minimum absolute atomic E-state index is 0. The van der Waals surface area contributed by atoms with Gasteiger partial charge in [0.15, 0.2) is 0 Å². The Balaban J connectivity index is 0.00000280. The summed E-state index contributed by atoms with van der Waals surface area (Å²) in [6.07, 6.45) is 1.63. The summed E-state index contributed by atoms with van der Waals surface area (Å²) < 4.78 is 13.2. The summed E-state index contributed by atoms with van der Waals surface area (Å²) in [5, 5.41) is 2.62. The number of carbonyl (C=O) groups is 3. The van der Waals surface area contributed by atoms with Gasteiger partial charge in [0.05, 0.1) is 0 Å². The highest BCUT2D eigenvalue weighted by atomic mass is 35.5. The van der Waals surface area contributed by atoms with E-state index in [-0.39, 0.29) is 30.9 Å². The van der Waals surface area contributed by atoms with Crippen LogP contribution < -0.4 is 11.1 Å². The summed E-state index contributed by atoms with van der Waals surface area (Å²) in [4.78, 5) is 40.4. The Morgan fingerprint density at radius 3 is 2.39 bits per heavy atom. The predicted octanol–water partition coefficient (Wildman–Crippen LogP) is 1.60. The van der Waals surface area contributed by atoms with Crippen LogP contribution in [0.2, 0.25) is 0 Å². The number of hydrogen-bond donors (Lipinski definition) is 2. The number of benzene rings is 1. The third-order valence-corrected chi connectivity index (χ3v) is 5.63. The van der Waals surface area contributed by atoms with Crippen LogP contribution in [0, 0.1) is 11.7 Å². The van der Waals surface area contributed by atoms with Crippen LogP contribution >= 0.6 is 12.4 Å². The van der Waals surface area contributed by atoms with Crippen molar-refractivity contribution in [3.05, 3.63) is 35.6 Å². The quantitative estimate of drug-likeness (QED) is 0.734. The second-order valence-corrected chi connectivity index (χ2v) is 7.53. The van der Waals surface area contributed by atoms with Crippen LogP contribution in [0.15, 0.2) is 24.3 Å². The van der Waals surface area contributed by atoms with Gasteiger partial charge in [0.1, 0.15) is 17.9 Å². The van der Waals surface area contributed by atoms with Gasteiger partial charge < -0.3 is 16.0 Å². The lowest BCUT2D eigenvalue weighted by atomic mass is 9.91. The molecule has 2 unspecified atom stereocenters. The van der Waals surface area contributed by atoms with Crippen molar-refractivity contribution in [1.29, 1.82) is 0 Å². The Hall–Kier alpha value is -2.19. The van der Waals surface area contributed by atoms with E-state index in [0.717, 1.165) is 17.7 Å². The highest BCUT2D eigenvalue weighted by Crippen LogP contribution is 2.29. The van der Waals surface area contributed by atoms with Gasteiger partial charge in [0, 0.05) is 19.1 Å². The summed E-state index contributed by atoms with van der Waals surface area (Å²) >= 11 is 0. The molecular weight excluding hydrogens is 387 g/mol. The monoisotopic (exact) mass is 412 g/mol. The van der Waals surface area contributed by atoms with Crippen LogP contribution in [0.3, 0.4) is 0 Å². The largest absolute Gasteiger partial charge is 0.341 e. The van der Waals surface area contributed by atoms with Crippen LogP contribution in [-0.4, -0.2) is 53.3 Å². The molecular formula is C19H26ClFN4O3. The van der Waals surface area contributed by atoms with E-state index in [1.165, 1.54) is 24.3 Å². The summed E-state index contributed by atoms with van der Waals surface area (Å²) in [6.45, 7) is 4.36. The Morgan fingerprint density at radius 1 is 1.29 bits per heavy atom. The molecule has 2 atom stereocenters. The average molecular weight is 413 g/mol. The molecule has 7 nitrogen and oxygen atoms in total. The van der Waals surface area contributed by atoms with Crippen molar-refractivity contribution in [3.8, 4) is 0 Å². The number of carbonyl (C=O) groups excluding carboxylic acids is 3. The van der Waals surface area contributed by atoms with Crippen molar-refractivity contribution in [2.45, 2.75) is 38.3 Å². The fourth-order valence-electron chi connectivity index (χ4n) is 3.73. The van der Waals surface area contributed by atoms with Crippen molar-refractivity contribution in [2.75, 3.05) is 19.6 Å². The Morgan fingerprint density at radius 2 is 1.86 bits per heavy atom. The normalized spacial score (nSPS) is 24.0. The summed E-state index contributed by atoms with van der Waals surface area (Å²) in [7, 11) is 0. The zero-order valence-electron chi connectivity index (χ0n) is 16.0. The molecule has 0 saturated carbocycles. The molecule has 2 fully saturated rings. The zero-order valence-corrected chi connectivity index (χ0v) is 16.8. The molecule has 3 N–H and O–H groups in total. The number of likely N-dealkylation sites (tertiary alicyclic amines) is 1. The molecule has 1 aromatic rings. The van der Waals surface area contributed by atoms with E-state index in [0.29, 0.717) is 24.6 Å². The number of halogens is 2. The number of amides is 4. The first-order valence-electron chi connectivity index (χ1n) is 9.16. The molecule has 3 rings (SSSR count). The molecule has 2 aliphatic rings. The highest BCUT2D eigenvalue weighted by molar-refractivity contribution is 6.09. The summed E-state index contributed by atoms with van der Waals surface area (Å²) in [5.74, 6) is -0.822. The molecule has 1 aromatic carbocycles. The van der Waals surface area contributed by atoms with Gasteiger partial charge in [-0.2, -0.15) is 0 Å². The number of piperidine rings is 1. The maximum absolute atomic E-state index is 13.2. The lowest BCUT2D eigenvalue weighted by molar-refractivity contribution is -0.139. The second-order valence-electron chi connectivity index (χ2n) is 7.53. The van der Waals surface area contributed by atoms with Crippen LogP contribution in [0.5, 0.6) is 0 Å². The molecule has 2 saturated heterocycles. The van der Waals surface area contributed by atoms with Crippen molar-refractivity contribution in [1.82, 2.24) is 15.1 Å². The smallest absolute Gasteiger partial charge is 0.325 e. The lowest BCUT2D eigenvalue weighted by Gasteiger charge is -2.34.